The number of hydroxylamine groups is 2. The highest BCUT2D eigenvalue weighted by molar-refractivity contribution is 6.01. The standard InChI is InChI=1S/C15H20N2O7/c1-2-8-22-10-11-23-9-7-16-12(18)3-6-15(21)24-17-13(19)4-5-14(17)20/h1H,3-11H2,(H,16,18). The molecular weight excluding hydrogens is 320 g/mol. The molecule has 0 spiro atoms. The molecule has 1 aliphatic heterocycles. The predicted octanol–water partition coefficient (Wildman–Crippen LogP) is -0.844. The van der Waals surface area contributed by atoms with Gasteiger partial charge in [0.15, 0.2) is 0 Å². The fraction of sp³-hybridized carbons (Fsp3) is 0.600. The van der Waals surface area contributed by atoms with Crippen molar-refractivity contribution >= 4 is 23.7 Å². The first kappa shape index (κ1) is 19.6. The number of hydrogen-bond acceptors (Lipinski definition) is 7. The first-order valence-corrected chi connectivity index (χ1v) is 7.47. The highest BCUT2D eigenvalue weighted by atomic mass is 16.7. The molecule has 0 aromatic carbocycles. The Morgan fingerprint density at radius 3 is 2.42 bits per heavy atom. The number of amides is 3. The van der Waals surface area contributed by atoms with Crippen LogP contribution in [0.4, 0.5) is 0 Å². The minimum atomic E-state index is -0.810. The molecule has 0 bridgehead atoms. The Morgan fingerprint density at radius 2 is 1.75 bits per heavy atom. The van der Waals surface area contributed by atoms with Crippen molar-refractivity contribution in [2.45, 2.75) is 25.7 Å². The summed E-state index contributed by atoms with van der Waals surface area (Å²) in [6, 6.07) is 0. The minimum absolute atomic E-state index is 0.0281. The smallest absolute Gasteiger partial charge is 0.333 e. The fourth-order valence-electron chi connectivity index (χ4n) is 1.72. The van der Waals surface area contributed by atoms with E-state index in [9.17, 15) is 19.2 Å². The van der Waals surface area contributed by atoms with Crippen molar-refractivity contribution in [2.75, 3.05) is 33.0 Å². The average molecular weight is 340 g/mol. The van der Waals surface area contributed by atoms with Crippen LogP contribution in [0, 0.1) is 12.3 Å². The first-order chi connectivity index (χ1) is 11.5. The molecule has 9 nitrogen and oxygen atoms in total. The van der Waals surface area contributed by atoms with E-state index in [-0.39, 0.29) is 44.7 Å². The third kappa shape index (κ3) is 7.71. The van der Waals surface area contributed by atoms with Crippen molar-refractivity contribution in [1.82, 2.24) is 10.4 Å². The van der Waals surface area contributed by atoms with Crippen LogP contribution in [-0.2, 0) is 33.5 Å². The van der Waals surface area contributed by atoms with Gasteiger partial charge in [-0.15, -0.1) is 11.5 Å². The summed E-state index contributed by atoms with van der Waals surface area (Å²) in [5.41, 5.74) is 0. The van der Waals surface area contributed by atoms with E-state index in [4.69, 9.17) is 15.9 Å². The quantitative estimate of drug-likeness (QED) is 0.296. The van der Waals surface area contributed by atoms with Crippen LogP contribution in [-0.4, -0.2) is 61.7 Å². The SMILES string of the molecule is C#CCOCCOCCNC(=O)CCC(=O)ON1C(=O)CCC1=O. The lowest BCUT2D eigenvalue weighted by Gasteiger charge is -2.12. The number of nitrogens with zero attached hydrogens (tertiary/aromatic N) is 1. The van der Waals surface area contributed by atoms with Gasteiger partial charge in [-0.1, -0.05) is 5.92 Å². The van der Waals surface area contributed by atoms with Crippen LogP contribution in [0.15, 0.2) is 0 Å². The molecule has 1 fully saturated rings. The molecule has 0 aromatic rings. The van der Waals surface area contributed by atoms with Crippen molar-refractivity contribution in [3.8, 4) is 12.3 Å². The summed E-state index contributed by atoms with van der Waals surface area (Å²) in [4.78, 5) is 50.2. The lowest BCUT2D eigenvalue weighted by molar-refractivity contribution is -0.197. The lowest BCUT2D eigenvalue weighted by atomic mass is 10.3. The number of imide groups is 1. The van der Waals surface area contributed by atoms with Crippen molar-refractivity contribution in [2.24, 2.45) is 0 Å². The van der Waals surface area contributed by atoms with Crippen molar-refractivity contribution in [3.63, 3.8) is 0 Å². The minimum Gasteiger partial charge on any atom is -0.377 e. The summed E-state index contributed by atoms with van der Waals surface area (Å²) in [6.45, 7) is 1.54. The highest BCUT2D eigenvalue weighted by Gasteiger charge is 2.32. The average Bonchev–Trinajstić information content (AvgIpc) is 2.87. The molecule has 0 radical (unpaired) electrons. The van der Waals surface area contributed by atoms with E-state index in [2.05, 4.69) is 16.1 Å². The van der Waals surface area contributed by atoms with E-state index >= 15 is 0 Å². The number of rotatable bonds is 11. The maximum Gasteiger partial charge on any atom is 0.333 e. The summed E-state index contributed by atoms with van der Waals surface area (Å²) in [5.74, 6) is 0.0411. The number of carbonyl (C=O) groups is 4. The third-order valence-electron chi connectivity index (χ3n) is 2.88. The number of hydrogen-bond donors (Lipinski definition) is 1. The maximum absolute atomic E-state index is 11.5. The summed E-state index contributed by atoms with van der Waals surface area (Å²) in [6.07, 6.45) is 4.71. The zero-order valence-electron chi connectivity index (χ0n) is 13.2. The Bertz CT molecular complexity index is 496. The molecule has 132 valence electrons. The molecular formula is C15H20N2O7. The fourth-order valence-corrected chi connectivity index (χ4v) is 1.72. The van der Waals surface area contributed by atoms with Gasteiger partial charge in [0.05, 0.1) is 26.2 Å². The molecule has 24 heavy (non-hydrogen) atoms. The van der Waals surface area contributed by atoms with Gasteiger partial charge in [0.1, 0.15) is 6.61 Å². The first-order valence-electron chi connectivity index (χ1n) is 7.47. The van der Waals surface area contributed by atoms with Gasteiger partial charge in [0, 0.05) is 25.8 Å². The highest BCUT2D eigenvalue weighted by Crippen LogP contribution is 2.12. The van der Waals surface area contributed by atoms with E-state index in [1.54, 1.807) is 0 Å². The van der Waals surface area contributed by atoms with Crippen LogP contribution in [0.2, 0.25) is 0 Å². The van der Waals surface area contributed by atoms with E-state index in [1.165, 1.54) is 0 Å². The number of nitrogens with one attached hydrogen (secondary N) is 1. The molecule has 1 aliphatic rings. The molecule has 1 saturated heterocycles. The summed E-state index contributed by atoms with van der Waals surface area (Å²) < 4.78 is 10.2. The van der Waals surface area contributed by atoms with Crippen molar-refractivity contribution < 1.29 is 33.5 Å². The van der Waals surface area contributed by atoms with E-state index < -0.39 is 17.8 Å². The molecule has 0 unspecified atom stereocenters. The Hall–Kier alpha value is -2.44. The van der Waals surface area contributed by atoms with Crippen molar-refractivity contribution in [1.29, 1.82) is 0 Å². The Balaban J connectivity index is 2.03. The normalized spacial score (nSPS) is 13.7. The predicted molar refractivity (Wildman–Crippen MR) is 79.9 cm³/mol. The molecule has 1 N–H and O–H groups in total. The van der Waals surface area contributed by atoms with E-state index in [1.807, 2.05) is 0 Å². The summed E-state index contributed by atoms with van der Waals surface area (Å²) >= 11 is 0. The Labute approximate surface area is 139 Å². The van der Waals surface area contributed by atoms with Crippen LogP contribution in [0.5, 0.6) is 0 Å². The van der Waals surface area contributed by atoms with E-state index in [0.717, 1.165) is 0 Å². The lowest BCUT2D eigenvalue weighted by Crippen LogP contribution is -2.33. The van der Waals surface area contributed by atoms with Crippen LogP contribution < -0.4 is 5.32 Å². The second kappa shape index (κ2) is 11.2. The number of ether oxygens (including phenoxy) is 2. The molecule has 3 amide bonds. The van der Waals surface area contributed by atoms with Crippen LogP contribution in [0.1, 0.15) is 25.7 Å². The number of terminal acetylenes is 1. The molecule has 0 saturated carbocycles. The third-order valence-corrected chi connectivity index (χ3v) is 2.88. The summed E-state index contributed by atoms with van der Waals surface area (Å²) in [7, 11) is 0. The van der Waals surface area contributed by atoms with Gasteiger partial charge < -0.3 is 19.6 Å². The monoisotopic (exact) mass is 340 g/mol. The van der Waals surface area contributed by atoms with Gasteiger partial charge in [-0.3, -0.25) is 14.4 Å². The van der Waals surface area contributed by atoms with Gasteiger partial charge in [0.2, 0.25) is 5.91 Å². The van der Waals surface area contributed by atoms with Gasteiger partial charge >= 0.3 is 5.97 Å². The zero-order valence-corrected chi connectivity index (χ0v) is 13.2. The maximum atomic E-state index is 11.5. The largest absolute Gasteiger partial charge is 0.377 e. The molecule has 9 heteroatoms. The van der Waals surface area contributed by atoms with Crippen LogP contribution >= 0.6 is 0 Å². The Morgan fingerprint density at radius 1 is 1.08 bits per heavy atom. The second-order valence-electron chi connectivity index (χ2n) is 4.76. The second-order valence-corrected chi connectivity index (χ2v) is 4.76. The van der Waals surface area contributed by atoms with Crippen molar-refractivity contribution in [3.05, 3.63) is 0 Å². The summed E-state index contributed by atoms with van der Waals surface area (Å²) in [5, 5.41) is 3.01. The molecule has 1 rings (SSSR count). The zero-order chi connectivity index (χ0) is 17.8. The molecule has 1 heterocycles. The molecule has 0 aliphatic carbocycles. The number of carbonyl (C=O) groups excluding carboxylic acids is 4. The Kier molecular flexibility index (Phi) is 9.11. The van der Waals surface area contributed by atoms with Crippen LogP contribution in [0.25, 0.3) is 0 Å². The van der Waals surface area contributed by atoms with E-state index in [0.29, 0.717) is 24.9 Å². The van der Waals surface area contributed by atoms with Gasteiger partial charge in [-0.05, 0) is 0 Å². The van der Waals surface area contributed by atoms with Gasteiger partial charge in [-0.2, -0.15) is 0 Å². The van der Waals surface area contributed by atoms with Gasteiger partial charge in [0.25, 0.3) is 11.8 Å². The molecule has 0 aromatic heterocycles. The molecule has 0 atom stereocenters. The topological polar surface area (TPSA) is 111 Å². The van der Waals surface area contributed by atoms with Crippen LogP contribution in [0.3, 0.4) is 0 Å². The van der Waals surface area contributed by atoms with Gasteiger partial charge in [-0.25, -0.2) is 4.79 Å².